The van der Waals surface area contributed by atoms with E-state index in [4.69, 9.17) is 8.94 Å². The summed E-state index contributed by atoms with van der Waals surface area (Å²) in [6.07, 6.45) is 10.2. The van der Waals surface area contributed by atoms with Crippen molar-refractivity contribution in [3.63, 3.8) is 0 Å². The SMILES string of the molecule is c1coc(-c2cc(CNC34CC5CC(CC(C5)C3)C4)no2)c1. The minimum Gasteiger partial charge on any atom is -0.461 e. The normalized spacial score (nSPS) is 36.1. The Hall–Kier alpha value is -1.55. The van der Waals surface area contributed by atoms with Crippen LogP contribution in [0.2, 0.25) is 0 Å². The average Bonchev–Trinajstić information content (AvgIpc) is 3.15. The molecule has 4 heteroatoms. The zero-order valence-electron chi connectivity index (χ0n) is 12.8. The van der Waals surface area contributed by atoms with Crippen LogP contribution in [0.5, 0.6) is 0 Å². The maximum Gasteiger partial charge on any atom is 0.202 e. The van der Waals surface area contributed by atoms with E-state index in [1.807, 2.05) is 18.2 Å². The van der Waals surface area contributed by atoms with E-state index in [-0.39, 0.29) is 0 Å². The van der Waals surface area contributed by atoms with Gasteiger partial charge >= 0.3 is 0 Å². The Bertz CT molecular complexity index is 623. The topological polar surface area (TPSA) is 51.2 Å². The van der Waals surface area contributed by atoms with Gasteiger partial charge < -0.3 is 14.3 Å². The summed E-state index contributed by atoms with van der Waals surface area (Å²) in [6, 6.07) is 5.76. The van der Waals surface area contributed by atoms with Gasteiger partial charge in [-0.05, 0) is 68.4 Å². The second-order valence-electron chi connectivity index (χ2n) is 7.71. The van der Waals surface area contributed by atoms with Gasteiger partial charge in [0.15, 0.2) is 5.76 Å². The molecule has 0 aliphatic heterocycles. The smallest absolute Gasteiger partial charge is 0.202 e. The fourth-order valence-corrected chi connectivity index (χ4v) is 5.54. The maximum absolute atomic E-state index is 5.40. The third-order valence-electron chi connectivity index (χ3n) is 6.01. The Morgan fingerprint density at radius 3 is 2.45 bits per heavy atom. The van der Waals surface area contributed by atoms with Crippen molar-refractivity contribution in [3.05, 3.63) is 30.2 Å². The Kier molecular flexibility index (Phi) is 2.78. The van der Waals surface area contributed by atoms with E-state index >= 15 is 0 Å². The molecule has 6 rings (SSSR count). The molecule has 4 fully saturated rings. The molecule has 0 saturated heterocycles. The fraction of sp³-hybridized carbons (Fsp3) is 0.611. The molecule has 0 atom stereocenters. The van der Waals surface area contributed by atoms with Crippen LogP contribution in [0.4, 0.5) is 0 Å². The van der Waals surface area contributed by atoms with E-state index in [1.54, 1.807) is 6.26 Å². The van der Waals surface area contributed by atoms with Gasteiger partial charge in [-0.1, -0.05) is 5.16 Å². The van der Waals surface area contributed by atoms with Crippen LogP contribution in [-0.4, -0.2) is 10.7 Å². The van der Waals surface area contributed by atoms with Crippen molar-refractivity contribution in [2.45, 2.75) is 50.6 Å². The highest BCUT2D eigenvalue weighted by molar-refractivity contribution is 5.49. The van der Waals surface area contributed by atoms with Gasteiger partial charge in [-0.25, -0.2) is 0 Å². The number of rotatable bonds is 4. The Morgan fingerprint density at radius 1 is 1.09 bits per heavy atom. The third-order valence-corrected chi connectivity index (χ3v) is 6.01. The number of nitrogens with zero attached hydrogens (tertiary/aromatic N) is 1. The van der Waals surface area contributed by atoms with Crippen molar-refractivity contribution in [1.29, 1.82) is 0 Å². The fourth-order valence-electron chi connectivity index (χ4n) is 5.54. The minimum absolute atomic E-state index is 0.374. The highest BCUT2D eigenvalue weighted by Crippen LogP contribution is 2.55. The summed E-state index contributed by atoms with van der Waals surface area (Å²) in [6.45, 7) is 0.802. The van der Waals surface area contributed by atoms with Crippen molar-refractivity contribution in [2.24, 2.45) is 17.8 Å². The monoisotopic (exact) mass is 298 g/mol. The van der Waals surface area contributed by atoms with Gasteiger partial charge in [0.25, 0.3) is 0 Å². The first kappa shape index (κ1) is 12.9. The van der Waals surface area contributed by atoms with Gasteiger partial charge in [-0.2, -0.15) is 0 Å². The lowest BCUT2D eigenvalue weighted by atomic mass is 9.53. The molecule has 2 heterocycles. The molecule has 0 aromatic carbocycles. The molecule has 0 amide bonds. The molecular formula is C18H22N2O2. The predicted molar refractivity (Wildman–Crippen MR) is 81.9 cm³/mol. The Morgan fingerprint density at radius 2 is 1.82 bits per heavy atom. The Labute approximate surface area is 130 Å². The van der Waals surface area contributed by atoms with Crippen molar-refractivity contribution >= 4 is 0 Å². The first-order valence-corrected chi connectivity index (χ1v) is 8.52. The van der Waals surface area contributed by atoms with Crippen LogP contribution in [0, 0.1) is 17.8 Å². The molecular weight excluding hydrogens is 276 g/mol. The number of hydrogen-bond acceptors (Lipinski definition) is 4. The van der Waals surface area contributed by atoms with Crippen LogP contribution in [0.1, 0.15) is 44.2 Å². The second kappa shape index (κ2) is 4.72. The van der Waals surface area contributed by atoms with Crippen molar-refractivity contribution < 1.29 is 8.94 Å². The lowest BCUT2D eigenvalue weighted by Crippen LogP contribution is -2.58. The van der Waals surface area contributed by atoms with E-state index in [2.05, 4.69) is 10.5 Å². The summed E-state index contributed by atoms with van der Waals surface area (Å²) in [5.74, 6) is 4.36. The molecule has 4 nitrogen and oxygen atoms in total. The molecule has 116 valence electrons. The lowest BCUT2D eigenvalue weighted by molar-refractivity contribution is -0.0208. The molecule has 2 aromatic heterocycles. The van der Waals surface area contributed by atoms with E-state index in [9.17, 15) is 0 Å². The molecule has 4 aliphatic carbocycles. The summed E-state index contributed by atoms with van der Waals surface area (Å²) in [5.41, 5.74) is 1.35. The van der Waals surface area contributed by atoms with E-state index in [0.717, 1.165) is 35.8 Å². The van der Waals surface area contributed by atoms with Gasteiger partial charge in [-0.15, -0.1) is 0 Å². The zero-order valence-corrected chi connectivity index (χ0v) is 12.8. The van der Waals surface area contributed by atoms with E-state index in [1.165, 1.54) is 38.5 Å². The van der Waals surface area contributed by atoms with Gasteiger partial charge in [0.1, 0.15) is 0 Å². The standard InChI is InChI=1S/C18H22N2O2/c1-2-16(21-3-1)17-7-15(20-22-17)11-19-18-8-12-4-13(9-18)6-14(5-12)10-18/h1-3,7,12-14,19H,4-6,8-11H2. The quantitative estimate of drug-likeness (QED) is 0.927. The third kappa shape index (κ3) is 2.12. The molecule has 1 N–H and O–H groups in total. The lowest BCUT2D eigenvalue weighted by Gasteiger charge is -2.57. The van der Waals surface area contributed by atoms with Gasteiger partial charge in [0, 0.05) is 18.2 Å². The largest absolute Gasteiger partial charge is 0.461 e. The van der Waals surface area contributed by atoms with Crippen LogP contribution in [-0.2, 0) is 6.54 Å². The van der Waals surface area contributed by atoms with Gasteiger partial charge in [0.2, 0.25) is 5.76 Å². The number of nitrogens with one attached hydrogen (secondary N) is 1. The first-order chi connectivity index (χ1) is 10.8. The molecule has 4 saturated carbocycles. The molecule has 0 spiro atoms. The van der Waals surface area contributed by atoms with Crippen molar-refractivity contribution in [2.75, 3.05) is 0 Å². The summed E-state index contributed by atoms with van der Waals surface area (Å²) >= 11 is 0. The number of aromatic nitrogens is 1. The summed E-state index contributed by atoms with van der Waals surface area (Å²) < 4.78 is 10.8. The summed E-state index contributed by atoms with van der Waals surface area (Å²) in [5, 5.41) is 8.04. The van der Waals surface area contributed by atoms with Crippen LogP contribution in [0.25, 0.3) is 11.5 Å². The summed E-state index contributed by atoms with van der Waals surface area (Å²) in [4.78, 5) is 0. The second-order valence-corrected chi connectivity index (χ2v) is 7.71. The van der Waals surface area contributed by atoms with Crippen molar-refractivity contribution in [1.82, 2.24) is 10.5 Å². The molecule has 0 radical (unpaired) electrons. The first-order valence-electron chi connectivity index (χ1n) is 8.52. The van der Waals surface area contributed by atoms with E-state index < -0.39 is 0 Å². The van der Waals surface area contributed by atoms with Crippen LogP contribution >= 0.6 is 0 Å². The minimum atomic E-state index is 0.374. The highest BCUT2D eigenvalue weighted by Gasteiger charge is 2.50. The van der Waals surface area contributed by atoms with Gasteiger partial charge in [0.05, 0.1) is 12.0 Å². The Balaban J connectivity index is 1.29. The van der Waals surface area contributed by atoms with Crippen LogP contribution in [0.15, 0.2) is 33.4 Å². The summed E-state index contributed by atoms with van der Waals surface area (Å²) in [7, 11) is 0. The zero-order chi connectivity index (χ0) is 14.6. The predicted octanol–water partition coefficient (Wildman–Crippen LogP) is 3.99. The number of hydrogen-bond donors (Lipinski definition) is 1. The molecule has 4 bridgehead atoms. The van der Waals surface area contributed by atoms with Crippen LogP contribution in [0.3, 0.4) is 0 Å². The van der Waals surface area contributed by atoms with Crippen molar-refractivity contribution in [3.8, 4) is 11.5 Å². The number of furan rings is 1. The molecule has 4 aliphatic rings. The molecule has 0 unspecified atom stereocenters. The molecule has 22 heavy (non-hydrogen) atoms. The maximum atomic E-state index is 5.40. The van der Waals surface area contributed by atoms with Gasteiger partial charge in [-0.3, -0.25) is 0 Å². The average molecular weight is 298 g/mol. The van der Waals surface area contributed by atoms with Crippen LogP contribution < -0.4 is 5.32 Å². The molecule has 2 aromatic rings. The van der Waals surface area contributed by atoms with E-state index in [0.29, 0.717) is 11.3 Å². The highest BCUT2D eigenvalue weighted by atomic mass is 16.5.